The lowest BCUT2D eigenvalue weighted by Gasteiger charge is -2.17. The summed E-state index contributed by atoms with van der Waals surface area (Å²) in [5.41, 5.74) is 5.34. The van der Waals surface area contributed by atoms with E-state index >= 15 is 0 Å². The molecule has 0 aliphatic rings. The van der Waals surface area contributed by atoms with Crippen LogP contribution >= 0.6 is 0 Å². The second-order valence-corrected chi connectivity index (χ2v) is 7.52. The summed E-state index contributed by atoms with van der Waals surface area (Å²) in [4.78, 5) is 0. The third-order valence-electron chi connectivity index (χ3n) is 5.46. The number of pyridine rings is 1. The predicted molar refractivity (Wildman–Crippen MR) is 115 cm³/mol. The van der Waals surface area contributed by atoms with Crippen LogP contribution in [-0.2, 0) is 19.4 Å². The molecule has 0 atom stereocenters. The van der Waals surface area contributed by atoms with E-state index in [2.05, 4.69) is 73.8 Å². The largest absolute Gasteiger partial charge is 0.487 e. The Morgan fingerprint density at radius 3 is 2.33 bits per heavy atom. The van der Waals surface area contributed by atoms with Gasteiger partial charge in [0, 0.05) is 11.9 Å². The normalized spacial score (nSPS) is 11.4. The summed E-state index contributed by atoms with van der Waals surface area (Å²) in [6.07, 6.45) is 9.60. The number of benzene rings is 1. The van der Waals surface area contributed by atoms with Gasteiger partial charge in [-0.25, -0.2) is 0 Å². The van der Waals surface area contributed by atoms with Crippen molar-refractivity contribution in [3.63, 3.8) is 0 Å². The zero-order valence-electron chi connectivity index (χ0n) is 17.1. The van der Waals surface area contributed by atoms with Crippen molar-refractivity contribution in [2.75, 3.05) is 0 Å². The SMILES string of the molecule is CCCC(CCC)Cc1c(CC)cc2c(OCc3ccccc3)cccn12. The van der Waals surface area contributed by atoms with Crippen LogP contribution in [0.1, 0.15) is 63.3 Å². The quantitative estimate of drug-likeness (QED) is 0.384. The third-order valence-corrected chi connectivity index (χ3v) is 5.46. The Bertz CT molecular complexity index is 828. The summed E-state index contributed by atoms with van der Waals surface area (Å²) < 4.78 is 8.57. The molecule has 0 amide bonds. The highest BCUT2D eigenvalue weighted by molar-refractivity contribution is 5.64. The van der Waals surface area contributed by atoms with Gasteiger partial charge < -0.3 is 9.14 Å². The minimum atomic E-state index is 0.608. The van der Waals surface area contributed by atoms with Crippen molar-refractivity contribution in [3.05, 3.63) is 71.5 Å². The average molecular weight is 364 g/mol. The van der Waals surface area contributed by atoms with Gasteiger partial charge in [0.2, 0.25) is 0 Å². The Morgan fingerprint density at radius 2 is 1.67 bits per heavy atom. The molecule has 0 N–H and O–H groups in total. The molecule has 0 unspecified atom stereocenters. The fraction of sp³-hybridized carbons (Fsp3) is 0.440. The molecular weight excluding hydrogens is 330 g/mol. The number of aromatic nitrogens is 1. The van der Waals surface area contributed by atoms with E-state index in [1.807, 2.05) is 6.07 Å². The molecule has 2 heteroatoms. The zero-order valence-corrected chi connectivity index (χ0v) is 17.1. The Balaban J connectivity index is 1.88. The summed E-state index contributed by atoms with van der Waals surface area (Å²) in [6, 6.07) is 16.9. The molecule has 3 rings (SSSR count). The van der Waals surface area contributed by atoms with Crippen molar-refractivity contribution in [2.24, 2.45) is 5.92 Å². The van der Waals surface area contributed by atoms with Gasteiger partial charge in [-0.15, -0.1) is 0 Å². The first kappa shape index (κ1) is 19.5. The number of hydrogen-bond donors (Lipinski definition) is 0. The van der Waals surface area contributed by atoms with Gasteiger partial charge in [-0.05, 0) is 48.1 Å². The first-order valence-electron chi connectivity index (χ1n) is 10.5. The highest BCUT2D eigenvalue weighted by Crippen LogP contribution is 2.30. The maximum absolute atomic E-state index is 6.20. The molecule has 3 aromatic rings. The molecule has 0 fully saturated rings. The van der Waals surface area contributed by atoms with Crippen molar-refractivity contribution < 1.29 is 4.74 Å². The summed E-state index contributed by atoms with van der Waals surface area (Å²) in [5.74, 6) is 1.75. The number of nitrogens with zero attached hydrogens (tertiary/aromatic N) is 1. The van der Waals surface area contributed by atoms with E-state index in [-0.39, 0.29) is 0 Å². The Labute approximate surface area is 164 Å². The van der Waals surface area contributed by atoms with Crippen LogP contribution in [0.25, 0.3) is 5.52 Å². The Hall–Kier alpha value is -2.22. The van der Waals surface area contributed by atoms with Gasteiger partial charge in [-0.1, -0.05) is 76.8 Å². The first-order chi connectivity index (χ1) is 13.3. The van der Waals surface area contributed by atoms with Crippen LogP contribution in [0.5, 0.6) is 5.75 Å². The second-order valence-electron chi connectivity index (χ2n) is 7.52. The van der Waals surface area contributed by atoms with E-state index in [9.17, 15) is 0 Å². The Morgan fingerprint density at radius 1 is 0.926 bits per heavy atom. The number of hydrogen-bond acceptors (Lipinski definition) is 1. The molecule has 2 nitrogen and oxygen atoms in total. The highest BCUT2D eigenvalue weighted by atomic mass is 16.5. The molecule has 0 aliphatic heterocycles. The third kappa shape index (κ3) is 4.74. The number of ether oxygens (including phenoxy) is 1. The van der Waals surface area contributed by atoms with Crippen molar-refractivity contribution in [1.29, 1.82) is 0 Å². The van der Waals surface area contributed by atoms with E-state index in [0.29, 0.717) is 6.61 Å². The van der Waals surface area contributed by atoms with Crippen molar-refractivity contribution in [1.82, 2.24) is 4.40 Å². The van der Waals surface area contributed by atoms with E-state index in [0.717, 1.165) is 18.1 Å². The fourth-order valence-electron chi connectivity index (χ4n) is 4.11. The van der Waals surface area contributed by atoms with E-state index in [4.69, 9.17) is 4.74 Å². The number of fused-ring (bicyclic) bond motifs is 1. The van der Waals surface area contributed by atoms with E-state index in [1.54, 1.807) is 0 Å². The van der Waals surface area contributed by atoms with Gasteiger partial charge in [0.15, 0.2) is 0 Å². The van der Waals surface area contributed by atoms with Crippen LogP contribution in [0.4, 0.5) is 0 Å². The fourth-order valence-corrected chi connectivity index (χ4v) is 4.11. The van der Waals surface area contributed by atoms with Gasteiger partial charge in [-0.3, -0.25) is 0 Å². The van der Waals surface area contributed by atoms with E-state index < -0.39 is 0 Å². The van der Waals surface area contributed by atoms with Gasteiger partial charge >= 0.3 is 0 Å². The Kier molecular flexibility index (Phi) is 6.98. The molecule has 2 heterocycles. The van der Waals surface area contributed by atoms with Crippen LogP contribution < -0.4 is 4.74 Å². The smallest absolute Gasteiger partial charge is 0.143 e. The lowest BCUT2D eigenvalue weighted by molar-refractivity contribution is 0.308. The van der Waals surface area contributed by atoms with Crippen LogP contribution in [0.3, 0.4) is 0 Å². The topological polar surface area (TPSA) is 13.6 Å². The predicted octanol–water partition coefficient (Wildman–Crippen LogP) is 6.84. The van der Waals surface area contributed by atoms with Crippen LogP contribution in [-0.4, -0.2) is 4.40 Å². The van der Waals surface area contributed by atoms with E-state index in [1.165, 1.54) is 54.4 Å². The second kappa shape index (κ2) is 9.64. The lowest BCUT2D eigenvalue weighted by Crippen LogP contribution is -2.08. The van der Waals surface area contributed by atoms with Crippen molar-refractivity contribution in [2.45, 2.75) is 65.9 Å². The zero-order chi connectivity index (χ0) is 19.1. The summed E-state index contributed by atoms with van der Waals surface area (Å²) >= 11 is 0. The van der Waals surface area contributed by atoms with Gasteiger partial charge in [0.1, 0.15) is 12.4 Å². The maximum atomic E-state index is 6.20. The van der Waals surface area contributed by atoms with Crippen molar-refractivity contribution >= 4 is 5.52 Å². The molecule has 27 heavy (non-hydrogen) atoms. The van der Waals surface area contributed by atoms with Crippen LogP contribution in [0.15, 0.2) is 54.7 Å². The molecule has 0 spiro atoms. The summed E-state index contributed by atoms with van der Waals surface area (Å²) in [5, 5.41) is 0. The molecular formula is C25H33NO. The van der Waals surface area contributed by atoms with Gasteiger partial charge in [-0.2, -0.15) is 0 Å². The number of rotatable bonds is 10. The molecule has 0 saturated heterocycles. The monoisotopic (exact) mass is 363 g/mol. The molecule has 144 valence electrons. The minimum absolute atomic E-state index is 0.608. The molecule has 0 aliphatic carbocycles. The standard InChI is InChI=1S/C25H33NO/c1-4-11-20(12-5-2)17-23-22(6-3)18-24-25(15-10-16-26(23)24)27-19-21-13-8-7-9-14-21/h7-10,13-16,18,20H,4-6,11-12,17,19H2,1-3H3. The molecule has 2 aromatic heterocycles. The maximum Gasteiger partial charge on any atom is 0.143 e. The molecule has 0 saturated carbocycles. The van der Waals surface area contributed by atoms with Gasteiger partial charge in [0.25, 0.3) is 0 Å². The minimum Gasteiger partial charge on any atom is -0.487 e. The summed E-state index contributed by atoms with van der Waals surface area (Å²) in [6.45, 7) is 7.47. The molecule has 0 bridgehead atoms. The molecule has 0 radical (unpaired) electrons. The summed E-state index contributed by atoms with van der Waals surface area (Å²) in [7, 11) is 0. The number of aryl methyl sites for hydroxylation is 1. The van der Waals surface area contributed by atoms with Crippen LogP contribution in [0, 0.1) is 5.92 Å². The first-order valence-corrected chi connectivity index (χ1v) is 10.5. The average Bonchev–Trinajstić information content (AvgIpc) is 3.06. The van der Waals surface area contributed by atoms with Gasteiger partial charge in [0.05, 0.1) is 5.52 Å². The molecule has 1 aromatic carbocycles. The van der Waals surface area contributed by atoms with Crippen molar-refractivity contribution in [3.8, 4) is 5.75 Å². The lowest BCUT2D eigenvalue weighted by atomic mass is 9.92. The van der Waals surface area contributed by atoms with Crippen LogP contribution in [0.2, 0.25) is 0 Å². The highest BCUT2D eigenvalue weighted by Gasteiger charge is 2.16.